The third-order valence-corrected chi connectivity index (χ3v) is 3.49. The maximum Gasteiger partial charge on any atom is 0.0668 e. The highest BCUT2D eigenvalue weighted by molar-refractivity contribution is 5.30. The Morgan fingerprint density at radius 2 is 1.72 bits per heavy atom. The minimum absolute atomic E-state index is 0.0476. The summed E-state index contributed by atoms with van der Waals surface area (Å²) in [5, 5.41) is 3.34. The zero-order valence-corrected chi connectivity index (χ0v) is 12.6. The molecule has 0 saturated carbocycles. The van der Waals surface area contributed by atoms with Gasteiger partial charge in [-0.05, 0) is 46.7 Å². The molecule has 1 unspecified atom stereocenters. The number of nitrogens with one attached hydrogen (secondary N) is 1. The van der Waals surface area contributed by atoms with Crippen LogP contribution in [0.1, 0.15) is 49.9 Å². The van der Waals surface area contributed by atoms with Crippen molar-refractivity contribution in [2.75, 3.05) is 13.7 Å². The van der Waals surface area contributed by atoms with E-state index in [1.165, 1.54) is 16.7 Å². The van der Waals surface area contributed by atoms with Gasteiger partial charge in [0.1, 0.15) is 0 Å². The van der Waals surface area contributed by atoms with Crippen molar-refractivity contribution in [3.63, 3.8) is 0 Å². The van der Waals surface area contributed by atoms with Crippen LogP contribution < -0.4 is 5.32 Å². The van der Waals surface area contributed by atoms with E-state index in [2.05, 4.69) is 58.1 Å². The van der Waals surface area contributed by atoms with Crippen LogP contribution in [0.25, 0.3) is 0 Å². The Balaban J connectivity index is 2.77. The zero-order valence-electron chi connectivity index (χ0n) is 12.6. The van der Waals surface area contributed by atoms with Crippen LogP contribution in [0.4, 0.5) is 0 Å². The summed E-state index contributed by atoms with van der Waals surface area (Å²) in [6.45, 7) is 11.4. The van der Waals surface area contributed by atoms with Crippen LogP contribution >= 0.6 is 0 Å². The highest BCUT2D eigenvalue weighted by atomic mass is 16.5. The van der Waals surface area contributed by atoms with E-state index in [4.69, 9.17) is 4.74 Å². The second kappa shape index (κ2) is 6.35. The van der Waals surface area contributed by atoms with E-state index in [9.17, 15) is 0 Å². The molecule has 0 spiro atoms. The lowest BCUT2D eigenvalue weighted by molar-refractivity contribution is -0.0300. The molecule has 102 valence electrons. The maximum absolute atomic E-state index is 6.00. The van der Waals surface area contributed by atoms with Crippen LogP contribution in [0.2, 0.25) is 0 Å². The molecule has 0 bridgehead atoms. The number of likely N-dealkylation sites (N-methyl/N-ethyl adjacent to an activating group) is 1. The van der Waals surface area contributed by atoms with Crippen LogP contribution in [0.15, 0.2) is 18.2 Å². The quantitative estimate of drug-likeness (QED) is 0.828. The molecule has 0 amide bonds. The van der Waals surface area contributed by atoms with Crippen molar-refractivity contribution in [3.8, 4) is 0 Å². The molecular weight excluding hydrogens is 222 g/mol. The summed E-state index contributed by atoms with van der Waals surface area (Å²) >= 11 is 0. The number of rotatable bonds is 6. The molecule has 18 heavy (non-hydrogen) atoms. The molecule has 2 heteroatoms. The lowest BCUT2D eigenvalue weighted by Gasteiger charge is -2.27. The largest absolute Gasteiger partial charge is 0.374 e. The number of ether oxygens (including phenoxy) is 1. The van der Waals surface area contributed by atoms with Crippen molar-refractivity contribution in [2.24, 2.45) is 0 Å². The summed E-state index contributed by atoms with van der Waals surface area (Å²) in [6, 6.07) is 6.93. The molecule has 0 saturated heterocycles. The molecule has 2 nitrogen and oxygen atoms in total. The summed E-state index contributed by atoms with van der Waals surface area (Å²) in [7, 11) is 1.99. The van der Waals surface area contributed by atoms with Crippen molar-refractivity contribution in [1.29, 1.82) is 0 Å². The molecule has 1 aromatic rings. The predicted molar refractivity (Wildman–Crippen MR) is 78.0 cm³/mol. The Bertz CT molecular complexity index is 364. The average Bonchev–Trinajstić information content (AvgIpc) is 2.28. The van der Waals surface area contributed by atoms with Crippen LogP contribution in [0.3, 0.4) is 0 Å². The fourth-order valence-electron chi connectivity index (χ4n) is 1.97. The van der Waals surface area contributed by atoms with Gasteiger partial charge in [-0.1, -0.05) is 36.2 Å². The van der Waals surface area contributed by atoms with Crippen molar-refractivity contribution in [2.45, 2.75) is 52.7 Å². The molecular formula is C16H27NO. The van der Waals surface area contributed by atoms with Crippen molar-refractivity contribution >= 4 is 0 Å². The van der Waals surface area contributed by atoms with Gasteiger partial charge in [0.2, 0.25) is 0 Å². The van der Waals surface area contributed by atoms with Gasteiger partial charge < -0.3 is 10.1 Å². The normalized spacial score (nSPS) is 13.7. The van der Waals surface area contributed by atoms with Crippen molar-refractivity contribution in [1.82, 2.24) is 5.32 Å². The molecule has 0 aliphatic heterocycles. The highest BCUT2D eigenvalue weighted by Crippen LogP contribution is 2.21. The van der Waals surface area contributed by atoms with Gasteiger partial charge in [0.15, 0.2) is 0 Å². The summed E-state index contributed by atoms with van der Waals surface area (Å²) in [6.07, 6.45) is 1.02. The van der Waals surface area contributed by atoms with E-state index < -0.39 is 0 Å². The standard InChI is InChI=1S/C16H27NO/c1-7-16(4,5)18-11-15(17-6)14-9-12(2)8-13(3)10-14/h8-10,15,17H,7,11H2,1-6H3. The monoisotopic (exact) mass is 249 g/mol. The first-order chi connectivity index (χ1) is 8.38. The average molecular weight is 249 g/mol. The maximum atomic E-state index is 6.00. The predicted octanol–water partition coefficient (Wildman–Crippen LogP) is 3.77. The molecule has 0 aliphatic rings. The van der Waals surface area contributed by atoms with Crippen LogP contribution in [0.5, 0.6) is 0 Å². The van der Waals surface area contributed by atoms with Gasteiger partial charge in [-0.2, -0.15) is 0 Å². The van der Waals surface area contributed by atoms with E-state index >= 15 is 0 Å². The van der Waals surface area contributed by atoms with E-state index in [0.29, 0.717) is 6.61 Å². The first kappa shape index (κ1) is 15.2. The number of hydrogen-bond acceptors (Lipinski definition) is 2. The molecule has 1 N–H and O–H groups in total. The third-order valence-electron chi connectivity index (χ3n) is 3.49. The topological polar surface area (TPSA) is 21.3 Å². The first-order valence-corrected chi connectivity index (χ1v) is 6.77. The molecule has 1 rings (SSSR count). The van der Waals surface area contributed by atoms with Gasteiger partial charge in [0, 0.05) is 0 Å². The molecule has 0 aliphatic carbocycles. The summed E-state index contributed by atoms with van der Waals surface area (Å²) in [5.74, 6) is 0. The van der Waals surface area contributed by atoms with Gasteiger partial charge in [-0.25, -0.2) is 0 Å². The van der Waals surface area contributed by atoms with Gasteiger partial charge in [0.05, 0.1) is 18.2 Å². The Kier molecular flexibility index (Phi) is 5.36. The van der Waals surface area contributed by atoms with Crippen LogP contribution in [-0.4, -0.2) is 19.3 Å². The number of benzene rings is 1. The molecule has 0 aromatic heterocycles. The van der Waals surface area contributed by atoms with Crippen molar-refractivity contribution < 1.29 is 4.74 Å². The molecule has 1 aromatic carbocycles. The van der Waals surface area contributed by atoms with Gasteiger partial charge in [0.25, 0.3) is 0 Å². The second-order valence-corrected chi connectivity index (χ2v) is 5.69. The Labute approximate surface area is 112 Å². The SMILES string of the molecule is CCC(C)(C)OCC(NC)c1cc(C)cc(C)c1. The number of hydrogen-bond donors (Lipinski definition) is 1. The lowest BCUT2D eigenvalue weighted by atomic mass is 10.0. The summed E-state index contributed by atoms with van der Waals surface area (Å²) in [4.78, 5) is 0. The number of aryl methyl sites for hydroxylation is 2. The fraction of sp³-hybridized carbons (Fsp3) is 0.625. The smallest absolute Gasteiger partial charge is 0.0668 e. The van der Waals surface area contributed by atoms with Gasteiger partial charge >= 0.3 is 0 Å². The second-order valence-electron chi connectivity index (χ2n) is 5.69. The Hall–Kier alpha value is -0.860. The van der Waals surface area contributed by atoms with Gasteiger partial charge in [-0.15, -0.1) is 0 Å². The molecule has 0 radical (unpaired) electrons. The lowest BCUT2D eigenvalue weighted by Crippen LogP contribution is -2.30. The third kappa shape index (κ3) is 4.43. The van der Waals surface area contributed by atoms with E-state index in [1.54, 1.807) is 0 Å². The molecule has 0 fully saturated rings. The fourth-order valence-corrected chi connectivity index (χ4v) is 1.97. The highest BCUT2D eigenvalue weighted by Gasteiger charge is 2.18. The Morgan fingerprint density at radius 3 is 2.17 bits per heavy atom. The summed E-state index contributed by atoms with van der Waals surface area (Å²) < 4.78 is 6.00. The molecule has 0 heterocycles. The van der Waals surface area contributed by atoms with Crippen molar-refractivity contribution in [3.05, 3.63) is 34.9 Å². The van der Waals surface area contributed by atoms with E-state index in [0.717, 1.165) is 6.42 Å². The minimum Gasteiger partial charge on any atom is -0.374 e. The molecule has 1 atom stereocenters. The summed E-state index contributed by atoms with van der Waals surface area (Å²) in [5.41, 5.74) is 3.87. The van der Waals surface area contributed by atoms with E-state index in [-0.39, 0.29) is 11.6 Å². The van der Waals surface area contributed by atoms with Crippen LogP contribution in [-0.2, 0) is 4.74 Å². The van der Waals surface area contributed by atoms with Gasteiger partial charge in [-0.3, -0.25) is 0 Å². The van der Waals surface area contributed by atoms with Crippen LogP contribution in [0, 0.1) is 13.8 Å². The first-order valence-electron chi connectivity index (χ1n) is 6.77. The zero-order chi connectivity index (χ0) is 13.8. The van der Waals surface area contributed by atoms with E-state index in [1.807, 2.05) is 7.05 Å². The minimum atomic E-state index is -0.0476. The Morgan fingerprint density at radius 1 is 1.17 bits per heavy atom.